The molecule has 104 valence electrons. The molecule has 1 aliphatic rings. The van der Waals surface area contributed by atoms with E-state index in [9.17, 15) is 0 Å². The van der Waals surface area contributed by atoms with Gasteiger partial charge in [0.1, 0.15) is 11.5 Å². The summed E-state index contributed by atoms with van der Waals surface area (Å²) in [5.74, 6) is 1.77. The summed E-state index contributed by atoms with van der Waals surface area (Å²) in [4.78, 5) is 0. The Hall–Kier alpha value is -1.80. The van der Waals surface area contributed by atoms with Crippen LogP contribution in [0.1, 0.15) is 24.5 Å². The quantitative estimate of drug-likeness (QED) is 0.744. The summed E-state index contributed by atoms with van der Waals surface area (Å²) in [6.07, 6.45) is 3.11. The van der Waals surface area contributed by atoms with Gasteiger partial charge >= 0.3 is 0 Å². The number of hydrogen-bond acceptors (Lipinski definition) is 2. The number of ether oxygens (including phenoxy) is 2. The maximum absolute atomic E-state index is 5.84. The molecule has 1 aliphatic heterocycles. The summed E-state index contributed by atoms with van der Waals surface area (Å²) in [6.45, 7) is 4.28. The lowest BCUT2D eigenvalue weighted by molar-refractivity contribution is 0.370. The van der Waals surface area contributed by atoms with E-state index >= 15 is 0 Å². The van der Waals surface area contributed by atoms with Gasteiger partial charge in [0.05, 0.1) is 12.2 Å². The van der Waals surface area contributed by atoms with E-state index in [1.807, 2.05) is 36.4 Å². The van der Waals surface area contributed by atoms with Crippen molar-refractivity contribution in [2.24, 2.45) is 0 Å². The van der Waals surface area contributed by atoms with Gasteiger partial charge in [-0.1, -0.05) is 24.3 Å². The fraction of sp³-hybridized carbons (Fsp3) is 0.333. The first-order valence-electron chi connectivity index (χ1n) is 7.20. The van der Waals surface area contributed by atoms with Crippen LogP contribution >= 0.6 is 0 Å². The SMILES string of the molecule is Cc1cc(Oc2ccccc2)ccc1CCC1OC1C. The number of para-hydroxylation sites is 1. The van der Waals surface area contributed by atoms with Crippen molar-refractivity contribution < 1.29 is 9.47 Å². The van der Waals surface area contributed by atoms with Gasteiger partial charge in [0.25, 0.3) is 0 Å². The molecule has 2 aromatic carbocycles. The lowest BCUT2D eigenvalue weighted by atomic mass is 10.0. The average molecular weight is 268 g/mol. The third-order valence-electron chi connectivity index (χ3n) is 3.83. The van der Waals surface area contributed by atoms with Crippen molar-refractivity contribution in [2.45, 2.75) is 38.9 Å². The number of epoxide rings is 1. The Kier molecular flexibility index (Phi) is 3.75. The largest absolute Gasteiger partial charge is 0.457 e. The number of aryl methyl sites for hydroxylation is 2. The molecule has 2 unspecified atom stereocenters. The molecule has 2 aromatic rings. The van der Waals surface area contributed by atoms with E-state index in [1.165, 1.54) is 11.1 Å². The molecular weight excluding hydrogens is 248 g/mol. The molecule has 0 aliphatic carbocycles. The van der Waals surface area contributed by atoms with Gasteiger partial charge < -0.3 is 9.47 Å². The summed E-state index contributed by atoms with van der Waals surface area (Å²) < 4.78 is 11.3. The van der Waals surface area contributed by atoms with Gasteiger partial charge in [-0.15, -0.1) is 0 Å². The molecule has 0 N–H and O–H groups in total. The lowest BCUT2D eigenvalue weighted by Crippen LogP contribution is -1.96. The van der Waals surface area contributed by atoms with Crippen LogP contribution in [0.15, 0.2) is 48.5 Å². The number of hydrogen-bond donors (Lipinski definition) is 0. The number of rotatable bonds is 5. The highest BCUT2D eigenvalue weighted by molar-refractivity contribution is 5.38. The molecule has 0 radical (unpaired) electrons. The molecule has 0 spiro atoms. The molecule has 0 bridgehead atoms. The van der Waals surface area contributed by atoms with Gasteiger partial charge in [0.15, 0.2) is 0 Å². The lowest BCUT2D eigenvalue weighted by Gasteiger charge is -2.09. The fourth-order valence-electron chi connectivity index (χ4n) is 2.47. The fourth-order valence-corrected chi connectivity index (χ4v) is 2.47. The molecule has 1 heterocycles. The van der Waals surface area contributed by atoms with Gasteiger partial charge in [0.2, 0.25) is 0 Å². The third-order valence-corrected chi connectivity index (χ3v) is 3.83. The molecule has 3 rings (SSSR count). The van der Waals surface area contributed by atoms with Gasteiger partial charge in [-0.2, -0.15) is 0 Å². The predicted octanol–water partition coefficient (Wildman–Crippen LogP) is 4.51. The van der Waals surface area contributed by atoms with Crippen LogP contribution in [0, 0.1) is 6.92 Å². The molecule has 0 amide bonds. The molecule has 1 saturated heterocycles. The maximum Gasteiger partial charge on any atom is 0.127 e. The van der Waals surface area contributed by atoms with Crippen LogP contribution in [0.4, 0.5) is 0 Å². The second kappa shape index (κ2) is 5.68. The first-order valence-corrected chi connectivity index (χ1v) is 7.20. The van der Waals surface area contributed by atoms with Crippen molar-refractivity contribution in [3.63, 3.8) is 0 Å². The molecule has 20 heavy (non-hydrogen) atoms. The zero-order valence-corrected chi connectivity index (χ0v) is 12.0. The first-order chi connectivity index (χ1) is 9.72. The van der Waals surface area contributed by atoms with Crippen LogP contribution in [0.5, 0.6) is 11.5 Å². The summed E-state index contributed by atoms with van der Waals surface area (Å²) in [5.41, 5.74) is 2.67. The van der Waals surface area contributed by atoms with Gasteiger partial charge in [0, 0.05) is 0 Å². The van der Waals surface area contributed by atoms with Crippen LogP contribution in [0.25, 0.3) is 0 Å². The smallest absolute Gasteiger partial charge is 0.127 e. The molecular formula is C18H20O2. The zero-order valence-electron chi connectivity index (χ0n) is 12.0. The Balaban J connectivity index is 1.64. The van der Waals surface area contributed by atoms with Crippen LogP contribution in [0.2, 0.25) is 0 Å². The second-order valence-electron chi connectivity index (χ2n) is 5.42. The Morgan fingerprint density at radius 2 is 1.80 bits per heavy atom. The number of benzene rings is 2. The Morgan fingerprint density at radius 3 is 2.45 bits per heavy atom. The highest BCUT2D eigenvalue weighted by Gasteiger charge is 2.33. The highest BCUT2D eigenvalue weighted by Crippen LogP contribution is 2.28. The van der Waals surface area contributed by atoms with Gasteiger partial charge in [-0.3, -0.25) is 0 Å². The van der Waals surface area contributed by atoms with E-state index in [0.717, 1.165) is 24.3 Å². The van der Waals surface area contributed by atoms with Gasteiger partial charge in [-0.25, -0.2) is 0 Å². The second-order valence-corrected chi connectivity index (χ2v) is 5.42. The molecule has 1 fully saturated rings. The van der Waals surface area contributed by atoms with E-state index < -0.39 is 0 Å². The van der Waals surface area contributed by atoms with Crippen molar-refractivity contribution in [1.29, 1.82) is 0 Å². The van der Waals surface area contributed by atoms with Crippen LogP contribution in [0.3, 0.4) is 0 Å². The Labute approximate surface area is 120 Å². The minimum absolute atomic E-state index is 0.455. The van der Waals surface area contributed by atoms with E-state index in [1.54, 1.807) is 0 Å². The van der Waals surface area contributed by atoms with Crippen LogP contribution < -0.4 is 4.74 Å². The highest BCUT2D eigenvalue weighted by atomic mass is 16.6. The zero-order chi connectivity index (χ0) is 13.9. The van der Waals surface area contributed by atoms with Crippen molar-refractivity contribution >= 4 is 0 Å². The van der Waals surface area contributed by atoms with E-state index in [-0.39, 0.29) is 0 Å². The molecule has 2 atom stereocenters. The van der Waals surface area contributed by atoms with Crippen molar-refractivity contribution in [2.75, 3.05) is 0 Å². The first kappa shape index (κ1) is 13.2. The monoisotopic (exact) mass is 268 g/mol. The van der Waals surface area contributed by atoms with E-state index in [0.29, 0.717) is 12.2 Å². The van der Waals surface area contributed by atoms with E-state index in [4.69, 9.17) is 9.47 Å². The summed E-state index contributed by atoms with van der Waals surface area (Å²) in [5, 5.41) is 0. The summed E-state index contributed by atoms with van der Waals surface area (Å²) >= 11 is 0. The van der Waals surface area contributed by atoms with Crippen LogP contribution in [-0.4, -0.2) is 12.2 Å². The maximum atomic E-state index is 5.84. The van der Waals surface area contributed by atoms with Gasteiger partial charge in [-0.05, 0) is 62.1 Å². The molecule has 0 saturated carbocycles. The standard InChI is InChI=1S/C18H20O2/c1-13-12-17(20-16-6-4-3-5-7-16)10-8-15(13)9-11-18-14(2)19-18/h3-8,10,12,14,18H,9,11H2,1-2H3. The third kappa shape index (κ3) is 3.20. The Morgan fingerprint density at radius 1 is 1.05 bits per heavy atom. The van der Waals surface area contributed by atoms with Crippen molar-refractivity contribution in [1.82, 2.24) is 0 Å². The normalized spacial score (nSPS) is 20.7. The minimum atomic E-state index is 0.455. The topological polar surface area (TPSA) is 21.8 Å². The van der Waals surface area contributed by atoms with Crippen LogP contribution in [-0.2, 0) is 11.2 Å². The Bertz CT molecular complexity index is 577. The molecule has 0 aromatic heterocycles. The van der Waals surface area contributed by atoms with Crippen molar-refractivity contribution in [3.8, 4) is 11.5 Å². The summed E-state index contributed by atoms with van der Waals surface area (Å²) in [7, 11) is 0. The average Bonchev–Trinajstić information content (AvgIpc) is 3.15. The predicted molar refractivity (Wildman–Crippen MR) is 80.4 cm³/mol. The van der Waals surface area contributed by atoms with Crippen molar-refractivity contribution in [3.05, 3.63) is 59.7 Å². The molecule has 2 nitrogen and oxygen atoms in total. The molecule has 2 heteroatoms. The summed E-state index contributed by atoms with van der Waals surface area (Å²) in [6, 6.07) is 16.2. The van der Waals surface area contributed by atoms with E-state index in [2.05, 4.69) is 26.0 Å². The minimum Gasteiger partial charge on any atom is -0.457 e.